The summed E-state index contributed by atoms with van der Waals surface area (Å²) in [7, 11) is 2.46. The first kappa shape index (κ1) is 13.4. The van der Waals surface area contributed by atoms with Gasteiger partial charge in [-0.15, -0.1) is 0 Å². The summed E-state index contributed by atoms with van der Waals surface area (Å²) in [6.07, 6.45) is 0. The number of aromatic carboxylic acids is 2. The Labute approximate surface area is 109 Å². The maximum atomic E-state index is 11.9. The molecule has 0 aliphatic heterocycles. The van der Waals surface area contributed by atoms with Crippen LogP contribution in [0.2, 0.25) is 0 Å². The molecule has 0 radical (unpaired) electrons. The van der Waals surface area contributed by atoms with Crippen LogP contribution in [-0.4, -0.2) is 41.3 Å². The highest BCUT2D eigenvalue weighted by Gasteiger charge is 2.23. The molecule has 0 saturated heterocycles. The lowest BCUT2D eigenvalue weighted by atomic mass is 10.3. The number of hydrogen-bond donors (Lipinski definition) is 2. The minimum atomic E-state index is -1.63. The van der Waals surface area contributed by atoms with Gasteiger partial charge >= 0.3 is 17.6 Å². The van der Waals surface area contributed by atoms with Crippen molar-refractivity contribution in [3.05, 3.63) is 32.2 Å². The molecule has 2 N–H and O–H groups in total. The third kappa shape index (κ3) is 1.74. The van der Waals surface area contributed by atoms with Crippen LogP contribution >= 0.6 is 0 Å². The van der Waals surface area contributed by atoms with E-state index >= 15 is 0 Å². The van der Waals surface area contributed by atoms with Crippen LogP contribution in [0.15, 0.2) is 9.59 Å². The smallest absolute Gasteiger partial charge is 0.357 e. The lowest BCUT2D eigenvalue weighted by Crippen LogP contribution is -2.38. The number of aryl methyl sites for hydroxylation is 1. The minimum Gasteiger partial charge on any atom is -0.476 e. The van der Waals surface area contributed by atoms with Gasteiger partial charge in [0.05, 0.1) is 0 Å². The van der Waals surface area contributed by atoms with Crippen LogP contribution in [-0.2, 0) is 14.1 Å². The molecule has 10 nitrogen and oxygen atoms in total. The average molecular weight is 280 g/mol. The van der Waals surface area contributed by atoms with Gasteiger partial charge in [-0.2, -0.15) is 0 Å². The highest BCUT2D eigenvalue weighted by atomic mass is 16.4. The monoisotopic (exact) mass is 280 g/mol. The molecular weight excluding hydrogens is 272 g/mol. The molecule has 0 spiro atoms. The molecule has 0 bridgehead atoms. The van der Waals surface area contributed by atoms with Crippen molar-refractivity contribution in [2.75, 3.05) is 0 Å². The summed E-state index contributed by atoms with van der Waals surface area (Å²) in [6.45, 7) is 0. The van der Waals surface area contributed by atoms with Crippen LogP contribution in [0.5, 0.6) is 0 Å². The second-order valence-corrected chi connectivity index (χ2v) is 3.91. The molecule has 2 aromatic rings. The first-order valence-electron chi connectivity index (χ1n) is 5.20. The molecule has 104 valence electrons. The molecule has 0 aliphatic carbocycles. The molecule has 0 fully saturated rings. The van der Waals surface area contributed by atoms with E-state index in [2.05, 4.69) is 9.97 Å². The van der Waals surface area contributed by atoms with Gasteiger partial charge in [-0.3, -0.25) is 13.9 Å². The van der Waals surface area contributed by atoms with Crippen LogP contribution in [0.1, 0.15) is 21.0 Å². The SMILES string of the molecule is Cn1c(=O)c2nc(C(=O)O)c(C(=O)O)nc2n(C)c1=O. The summed E-state index contributed by atoms with van der Waals surface area (Å²) < 4.78 is 1.64. The normalized spacial score (nSPS) is 10.7. The molecule has 0 aromatic carbocycles. The van der Waals surface area contributed by atoms with Crippen LogP contribution in [0.4, 0.5) is 0 Å². The summed E-state index contributed by atoms with van der Waals surface area (Å²) in [5.41, 5.74) is -3.96. The van der Waals surface area contributed by atoms with Gasteiger partial charge in [0.15, 0.2) is 22.6 Å². The maximum absolute atomic E-state index is 11.9. The van der Waals surface area contributed by atoms with E-state index in [9.17, 15) is 19.2 Å². The number of hydrogen-bond acceptors (Lipinski definition) is 6. The van der Waals surface area contributed by atoms with E-state index in [1.54, 1.807) is 0 Å². The predicted molar refractivity (Wildman–Crippen MR) is 63.9 cm³/mol. The van der Waals surface area contributed by atoms with Crippen molar-refractivity contribution in [1.29, 1.82) is 0 Å². The van der Waals surface area contributed by atoms with E-state index in [0.717, 1.165) is 9.13 Å². The van der Waals surface area contributed by atoms with Crippen molar-refractivity contribution in [2.24, 2.45) is 14.1 Å². The molecule has 0 saturated carbocycles. The van der Waals surface area contributed by atoms with Crippen LogP contribution in [0, 0.1) is 0 Å². The quantitative estimate of drug-likeness (QED) is 0.670. The molecular formula is C10H8N4O6. The third-order valence-corrected chi connectivity index (χ3v) is 2.68. The number of nitrogens with zero attached hydrogens (tertiary/aromatic N) is 4. The summed E-state index contributed by atoms with van der Waals surface area (Å²) in [5.74, 6) is -3.25. The molecule has 2 heterocycles. The molecule has 0 unspecified atom stereocenters. The van der Waals surface area contributed by atoms with Gasteiger partial charge in [-0.1, -0.05) is 0 Å². The minimum absolute atomic E-state index is 0.291. The first-order chi connectivity index (χ1) is 9.25. The molecule has 0 aliphatic rings. The van der Waals surface area contributed by atoms with Crippen molar-refractivity contribution in [3.8, 4) is 0 Å². The van der Waals surface area contributed by atoms with Crippen LogP contribution in [0.25, 0.3) is 11.2 Å². The number of carboxylic acid groups (broad SMARTS) is 2. The summed E-state index contributed by atoms with van der Waals surface area (Å²) in [4.78, 5) is 52.6. The Morgan fingerprint density at radius 2 is 1.45 bits per heavy atom. The van der Waals surface area contributed by atoms with E-state index in [1.165, 1.54) is 14.1 Å². The number of aromatic nitrogens is 4. The van der Waals surface area contributed by atoms with Crippen molar-refractivity contribution in [1.82, 2.24) is 19.1 Å². The number of rotatable bonds is 2. The Kier molecular flexibility index (Phi) is 2.85. The zero-order valence-electron chi connectivity index (χ0n) is 10.3. The highest BCUT2D eigenvalue weighted by Crippen LogP contribution is 2.09. The number of carboxylic acids is 2. The lowest BCUT2D eigenvalue weighted by Gasteiger charge is -2.07. The molecule has 0 amide bonds. The maximum Gasteiger partial charge on any atom is 0.357 e. The van der Waals surface area contributed by atoms with Gasteiger partial charge in [0.2, 0.25) is 0 Å². The van der Waals surface area contributed by atoms with Crippen molar-refractivity contribution in [3.63, 3.8) is 0 Å². The second-order valence-electron chi connectivity index (χ2n) is 3.91. The fourth-order valence-electron chi connectivity index (χ4n) is 1.66. The average Bonchev–Trinajstić information content (AvgIpc) is 2.41. The van der Waals surface area contributed by atoms with Crippen LogP contribution in [0.3, 0.4) is 0 Å². The zero-order valence-corrected chi connectivity index (χ0v) is 10.3. The van der Waals surface area contributed by atoms with Crippen molar-refractivity contribution >= 4 is 23.1 Å². The summed E-state index contributed by atoms with van der Waals surface area (Å²) in [5, 5.41) is 17.8. The fraction of sp³-hybridized carbons (Fsp3) is 0.200. The van der Waals surface area contributed by atoms with Gasteiger partial charge in [-0.05, 0) is 0 Å². The predicted octanol–water partition coefficient (Wildman–Crippen LogP) is -1.58. The Bertz CT molecular complexity index is 878. The Hall–Kier alpha value is -3.04. The highest BCUT2D eigenvalue weighted by molar-refractivity contribution is 6.00. The Morgan fingerprint density at radius 1 is 0.950 bits per heavy atom. The molecule has 2 aromatic heterocycles. The lowest BCUT2D eigenvalue weighted by molar-refractivity contribution is 0.0642. The molecule has 20 heavy (non-hydrogen) atoms. The Morgan fingerprint density at radius 3 is 1.95 bits per heavy atom. The largest absolute Gasteiger partial charge is 0.476 e. The molecule has 10 heteroatoms. The first-order valence-corrected chi connectivity index (χ1v) is 5.20. The fourth-order valence-corrected chi connectivity index (χ4v) is 1.66. The van der Waals surface area contributed by atoms with Gasteiger partial charge in [0, 0.05) is 14.1 Å². The van der Waals surface area contributed by atoms with Gasteiger partial charge in [0.25, 0.3) is 5.56 Å². The van der Waals surface area contributed by atoms with E-state index in [4.69, 9.17) is 10.2 Å². The van der Waals surface area contributed by atoms with Crippen molar-refractivity contribution < 1.29 is 19.8 Å². The van der Waals surface area contributed by atoms with E-state index < -0.39 is 40.1 Å². The topological polar surface area (TPSA) is 144 Å². The second kappa shape index (κ2) is 4.26. The third-order valence-electron chi connectivity index (χ3n) is 2.68. The van der Waals surface area contributed by atoms with Gasteiger partial charge in [-0.25, -0.2) is 24.4 Å². The number of carbonyl (C=O) groups is 2. The van der Waals surface area contributed by atoms with E-state index in [1.807, 2.05) is 0 Å². The van der Waals surface area contributed by atoms with Crippen LogP contribution < -0.4 is 11.2 Å². The van der Waals surface area contributed by atoms with E-state index in [-0.39, 0.29) is 5.65 Å². The zero-order chi connectivity index (χ0) is 15.2. The Balaban J connectivity index is 3.11. The molecule has 0 atom stereocenters. The number of fused-ring (bicyclic) bond motifs is 1. The van der Waals surface area contributed by atoms with Gasteiger partial charge in [0.1, 0.15) is 0 Å². The van der Waals surface area contributed by atoms with E-state index in [0.29, 0.717) is 0 Å². The van der Waals surface area contributed by atoms with Crippen molar-refractivity contribution in [2.45, 2.75) is 0 Å². The standard InChI is InChI=1S/C10H8N4O6/c1-13-6-5(7(15)14(2)10(13)20)11-3(8(16)17)4(12-6)9(18)19/h1-2H3,(H,16,17)(H,18,19). The summed E-state index contributed by atoms with van der Waals surface area (Å²) in [6, 6.07) is 0. The van der Waals surface area contributed by atoms with Gasteiger partial charge < -0.3 is 10.2 Å². The summed E-state index contributed by atoms with van der Waals surface area (Å²) >= 11 is 0. The molecule has 2 rings (SSSR count).